The molecule has 2 atom stereocenters. The third-order valence-corrected chi connectivity index (χ3v) is 12.3. The van der Waals surface area contributed by atoms with E-state index in [1.54, 1.807) is 0 Å². The van der Waals surface area contributed by atoms with Gasteiger partial charge in [-0.1, -0.05) is 33.0 Å². The predicted octanol–water partition coefficient (Wildman–Crippen LogP) is 4.70. The van der Waals surface area contributed by atoms with Crippen molar-refractivity contribution in [1.29, 1.82) is 0 Å². The van der Waals surface area contributed by atoms with Gasteiger partial charge in [-0.3, -0.25) is 0 Å². The van der Waals surface area contributed by atoms with Gasteiger partial charge in [0.2, 0.25) is 0 Å². The van der Waals surface area contributed by atoms with Crippen molar-refractivity contribution in [3.05, 3.63) is 22.4 Å². The molecular formula is C18H31BrF2N4OS3. The molecule has 11 heteroatoms. The normalized spacial score (nSPS) is 16.7. The van der Waals surface area contributed by atoms with E-state index in [-0.39, 0.29) is 5.75 Å². The van der Waals surface area contributed by atoms with Crippen molar-refractivity contribution in [2.24, 2.45) is 4.36 Å². The topological polar surface area (TPSA) is 66.4 Å². The van der Waals surface area contributed by atoms with Crippen LogP contribution in [0.4, 0.5) is 8.78 Å². The van der Waals surface area contributed by atoms with Crippen molar-refractivity contribution < 1.29 is 13.0 Å². The van der Waals surface area contributed by atoms with Crippen molar-refractivity contribution in [3.63, 3.8) is 0 Å². The average molecular weight is 534 g/mol. The molecule has 5 nitrogen and oxygen atoms in total. The standard InChI is InChI=1S/C18H31BrF2N4OS3/c1-6-28(7-2,8-3)14-9-15(25-16(19)10-14)18(4,23-13-27)12-29(26,22-5)24-11-17(20)21/h9-10,13,17H,6-8,11-12H2,1-5H3,(H,23,27)(H,22,24,26)/t18-,29?/m0/s1. The molecule has 0 fully saturated rings. The summed E-state index contributed by atoms with van der Waals surface area (Å²) >= 11 is 8.52. The fraction of sp³-hybridized carbons (Fsp3) is 0.667. The molecule has 1 rings (SSSR count). The monoisotopic (exact) mass is 532 g/mol. The smallest absolute Gasteiger partial charge is 0.258 e. The van der Waals surface area contributed by atoms with Crippen LogP contribution in [0.5, 0.6) is 0 Å². The summed E-state index contributed by atoms with van der Waals surface area (Å²) in [7, 11) is -2.68. The van der Waals surface area contributed by atoms with Gasteiger partial charge in [0, 0.05) is 0 Å². The number of halogens is 3. The molecule has 1 unspecified atom stereocenters. The summed E-state index contributed by atoms with van der Waals surface area (Å²) in [5.41, 5.74) is 1.03. The summed E-state index contributed by atoms with van der Waals surface area (Å²) in [6.45, 7) is 7.61. The Morgan fingerprint density at radius 2 is 1.90 bits per heavy atom. The van der Waals surface area contributed by atoms with Gasteiger partial charge in [-0.2, -0.15) is 0 Å². The van der Waals surface area contributed by atoms with E-state index in [2.05, 4.69) is 56.1 Å². The lowest BCUT2D eigenvalue weighted by molar-refractivity contribution is 0.159. The van der Waals surface area contributed by atoms with Gasteiger partial charge in [0.15, 0.2) is 0 Å². The second-order valence-electron chi connectivity index (χ2n) is 6.71. The van der Waals surface area contributed by atoms with E-state index in [4.69, 9.17) is 12.2 Å². The van der Waals surface area contributed by atoms with Crippen LogP contribution in [0, 0.1) is 0 Å². The summed E-state index contributed by atoms with van der Waals surface area (Å²) in [5.74, 6) is 3.07. The second-order valence-corrected chi connectivity index (χ2v) is 14.3. The van der Waals surface area contributed by atoms with Gasteiger partial charge in [0.25, 0.3) is 6.43 Å². The Hall–Kier alpha value is -0.360. The molecule has 0 bridgehead atoms. The quantitative estimate of drug-likeness (QED) is 0.302. The third-order valence-electron chi connectivity index (χ3n) is 5.09. The molecule has 0 spiro atoms. The number of thiocarbonyl (C=S) groups is 1. The number of pyridine rings is 1. The molecule has 0 saturated heterocycles. The molecule has 1 aromatic rings. The van der Waals surface area contributed by atoms with E-state index in [0.717, 1.165) is 17.3 Å². The zero-order valence-corrected chi connectivity index (χ0v) is 21.5. The highest BCUT2D eigenvalue weighted by molar-refractivity contribution is 9.10. The molecule has 1 aromatic heterocycles. The van der Waals surface area contributed by atoms with Gasteiger partial charge >= 0.3 is 0 Å². The van der Waals surface area contributed by atoms with Gasteiger partial charge in [-0.15, -0.1) is 0 Å². The maximum absolute atomic E-state index is 13.1. The highest BCUT2D eigenvalue weighted by Crippen LogP contribution is 2.55. The Morgan fingerprint density at radius 1 is 1.31 bits per heavy atom. The first-order valence-electron chi connectivity index (χ1n) is 9.36. The number of alkyl halides is 2. The lowest BCUT2D eigenvalue weighted by atomic mass is 10.00. The second kappa shape index (κ2) is 11.3. The fourth-order valence-corrected chi connectivity index (χ4v) is 8.72. The molecule has 0 aliphatic carbocycles. The number of nitrogens with zero attached hydrogens (tertiary/aromatic N) is 2. The molecule has 0 saturated carbocycles. The highest BCUT2D eigenvalue weighted by Gasteiger charge is 2.34. The van der Waals surface area contributed by atoms with Crippen LogP contribution in [0.1, 0.15) is 33.4 Å². The first kappa shape index (κ1) is 26.7. The summed E-state index contributed by atoms with van der Waals surface area (Å²) < 4.78 is 45.5. The predicted molar refractivity (Wildman–Crippen MR) is 129 cm³/mol. The Balaban J connectivity index is 3.57. The molecule has 2 N–H and O–H groups in total. The van der Waals surface area contributed by atoms with Crippen LogP contribution in [-0.2, 0) is 15.5 Å². The SMILES string of the molecule is CCS(CC)(CC)c1cc(Br)nc([C@](C)(CS(=O)(=NCC(F)F)NC)NC=S)c1. The first-order valence-corrected chi connectivity index (χ1v) is 14.5. The Kier molecular flexibility index (Phi) is 10.4. The van der Waals surface area contributed by atoms with Crippen LogP contribution in [0.15, 0.2) is 26.0 Å². The van der Waals surface area contributed by atoms with E-state index < -0.39 is 38.5 Å². The van der Waals surface area contributed by atoms with Crippen molar-refractivity contribution in [2.75, 3.05) is 36.6 Å². The molecule has 0 aromatic carbocycles. The Labute approximate surface area is 189 Å². The van der Waals surface area contributed by atoms with Crippen LogP contribution < -0.4 is 10.0 Å². The number of nitrogens with one attached hydrogen (secondary N) is 2. The van der Waals surface area contributed by atoms with Crippen molar-refractivity contribution in [1.82, 2.24) is 15.0 Å². The molecule has 168 valence electrons. The molecule has 1 heterocycles. The van der Waals surface area contributed by atoms with Crippen LogP contribution in [0.2, 0.25) is 0 Å². The fourth-order valence-electron chi connectivity index (χ4n) is 3.19. The largest absolute Gasteiger partial charge is 0.370 e. The van der Waals surface area contributed by atoms with Crippen LogP contribution >= 0.6 is 38.2 Å². The van der Waals surface area contributed by atoms with Crippen molar-refractivity contribution in [3.8, 4) is 0 Å². The highest BCUT2D eigenvalue weighted by atomic mass is 79.9. The lowest BCUT2D eigenvalue weighted by Gasteiger charge is -2.39. The van der Waals surface area contributed by atoms with Crippen LogP contribution in [0.3, 0.4) is 0 Å². The van der Waals surface area contributed by atoms with Gasteiger partial charge in [-0.05, 0) is 64.2 Å². The Morgan fingerprint density at radius 3 is 2.34 bits per heavy atom. The molecule has 29 heavy (non-hydrogen) atoms. The minimum absolute atomic E-state index is 0.0635. The van der Waals surface area contributed by atoms with Crippen molar-refractivity contribution >= 4 is 53.6 Å². The van der Waals surface area contributed by atoms with Crippen LogP contribution in [-0.4, -0.2) is 57.7 Å². The minimum Gasteiger partial charge on any atom is -0.370 e. The minimum atomic E-state index is -3.11. The van der Waals surface area contributed by atoms with E-state index in [1.165, 1.54) is 17.4 Å². The number of aromatic nitrogens is 1. The van der Waals surface area contributed by atoms with Gasteiger partial charge in [0.05, 0.1) is 22.5 Å². The summed E-state index contributed by atoms with van der Waals surface area (Å²) in [4.78, 5) is 5.82. The average Bonchev–Trinajstić information content (AvgIpc) is 2.68. The zero-order chi connectivity index (χ0) is 22.3. The summed E-state index contributed by atoms with van der Waals surface area (Å²) in [6, 6.07) is 4.08. The van der Waals surface area contributed by atoms with E-state index >= 15 is 0 Å². The third kappa shape index (κ3) is 6.81. The molecule has 0 aliphatic rings. The summed E-state index contributed by atoms with van der Waals surface area (Å²) in [5, 5.41) is 3.06. The van der Waals surface area contributed by atoms with Gasteiger partial charge < -0.3 is 5.32 Å². The molecule has 0 aliphatic heterocycles. The molecule has 0 radical (unpaired) electrons. The number of hydrogen-bond acceptors (Lipinski definition) is 4. The maximum atomic E-state index is 13.1. The van der Waals surface area contributed by atoms with Crippen LogP contribution in [0.25, 0.3) is 0 Å². The molecule has 0 amide bonds. The molecular weight excluding hydrogens is 502 g/mol. The van der Waals surface area contributed by atoms with E-state index in [1.807, 2.05) is 19.1 Å². The van der Waals surface area contributed by atoms with E-state index in [0.29, 0.717) is 10.3 Å². The van der Waals surface area contributed by atoms with Gasteiger partial charge in [0.1, 0.15) is 21.1 Å². The summed E-state index contributed by atoms with van der Waals surface area (Å²) in [6.07, 6.45) is -2.66. The first-order chi connectivity index (χ1) is 13.5. The Bertz CT molecular complexity index is 806. The maximum Gasteiger partial charge on any atom is 0.258 e. The van der Waals surface area contributed by atoms with Crippen molar-refractivity contribution in [2.45, 2.75) is 44.6 Å². The lowest BCUT2D eigenvalue weighted by Crippen LogP contribution is -2.47. The zero-order valence-electron chi connectivity index (χ0n) is 17.5. The number of hydrogen-bond donors (Lipinski definition) is 2. The number of rotatable bonds is 12. The van der Waals surface area contributed by atoms with E-state index in [9.17, 15) is 13.0 Å². The van der Waals surface area contributed by atoms with Gasteiger partial charge in [-0.25, -0.2) is 37.1 Å².